The van der Waals surface area contributed by atoms with Gasteiger partial charge in [-0.05, 0) is 31.0 Å². The first-order valence-corrected chi connectivity index (χ1v) is 10.5. The Labute approximate surface area is 175 Å². The third kappa shape index (κ3) is 4.33. The Morgan fingerprint density at radius 3 is 2.83 bits per heavy atom. The monoisotopic (exact) mass is 416 g/mol. The maximum absolute atomic E-state index is 13.4. The molecule has 1 saturated heterocycles. The van der Waals surface area contributed by atoms with Gasteiger partial charge in [-0.1, -0.05) is 42.6 Å². The highest BCUT2D eigenvalue weighted by atomic mass is 35.5. The van der Waals surface area contributed by atoms with Crippen LogP contribution in [0.15, 0.2) is 47.3 Å². The molecule has 0 N–H and O–H groups in total. The summed E-state index contributed by atoms with van der Waals surface area (Å²) < 4.78 is 13.1. The van der Waals surface area contributed by atoms with Gasteiger partial charge in [0.05, 0.1) is 30.3 Å². The molecule has 0 bridgehead atoms. The van der Waals surface area contributed by atoms with Crippen LogP contribution in [0.25, 0.3) is 0 Å². The van der Waals surface area contributed by atoms with Crippen molar-refractivity contribution in [2.75, 3.05) is 19.8 Å². The number of fused-ring (bicyclic) bond motifs is 1. The quantitative estimate of drug-likeness (QED) is 0.749. The van der Waals surface area contributed by atoms with E-state index in [4.69, 9.17) is 21.1 Å². The first-order chi connectivity index (χ1) is 14.1. The van der Waals surface area contributed by atoms with Gasteiger partial charge in [0, 0.05) is 12.6 Å². The van der Waals surface area contributed by atoms with Crippen LogP contribution < -0.4 is 10.3 Å². The van der Waals surface area contributed by atoms with Crippen molar-refractivity contribution in [1.82, 2.24) is 9.47 Å². The summed E-state index contributed by atoms with van der Waals surface area (Å²) in [4.78, 5) is 27.8. The maximum atomic E-state index is 13.4. The molecule has 6 nitrogen and oxygen atoms in total. The van der Waals surface area contributed by atoms with Gasteiger partial charge in [-0.3, -0.25) is 9.59 Å². The summed E-state index contributed by atoms with van der Waals surface area (Å²) in [5.74, 6) is 0.449. The van der Waals surface area contributed by atoms with E-state index in [2.05, 4.69) is 0 Å². The van der Waals surface area contributed by atoms with Gasteiger partial charge < -0.3 is 18.9 Å². The number of aromatic nitrogens is 1. The van der Waals surface area contributed by atoms with Crippen LogP contribution in [0.3, 0.4) is 0 Å². The average Bonchev–Trinajstić information content (AvgIpc) is 2.75. The number of carbonyl (C=O) groups is 1. The zero-order valence-corrected chi connectivity index (χ0v) is 17.0. The predicted molar refractivity (Wildman–Crippen MR) is 111 cm³/mol. The number of rotatable bonds is 5. The molecule has 154 valence electrons. The van der Waals surface area contributed by atoms with Gasteiger partial charge in [0.1, 0.15) is 18.1 Å². The summed E-state index contributed by atoms with van der Waals surface area (Å²) in [5, 5.41) is 0.515. The molecule has 1 aromatic heterocycles. The summed E-state index contributed by atoms with van der Waals surface area (Å²) in [6.07, 6.45) is 4.28. The van der Waals surface area contributed by atoms with Crippen molar-refractivity contribution in [3.63, 3.8) is 0 Å². The molecule has 2 heterocycles. The lowest BCUT2D eigenvalue weighted by molar-refractivity contribution is -0.0755. The fourth-order valence-corrected chi connectivity index (χ4v) is 4.43. The van der Waals surface area contributed by atoms with Crippen molar-refractivity contribution in [2.24, 2.45) is 0 Å². The molecule has 1 saturated carbocycles. The average molecular weight is 417 g/mol. The largest absolute Gasteiger partial charge is 0.490 e. The van der Waals surface area contributed by atoms with Crippen LogP contribution in [0.1, 0.15) is 36.2 Å². The number of benzene rings is 1. The molecule has 0 radical (unpaired) electrons. The highest BCUT2D eigenvalue weighted by Gasteiger charge is 2.37. The number of morpholine rings is 1. The minimum absolute atomic E-state index is 0.0909. The smallest absolute Gasteiger partial charge is 0.271 e. The molecule has 1 amide bonds. The second-order valence-electron chi connectivity index (χ2n) is 7.44. The van der Waals surface area contributed by atoms with Crippen molar-refractivity contribution >= 4 is 17.5 Å². The van der Waals surface area contributed by atoms with Gasteiger partial charge in [0.2, 0.25) is 0 Å². The maximum Gasteiger partial charge on any atom is 0.271 e. The van der Waals surface area contributed by atoms with Gasteiger partial charge in [-0.2, -0.15) is 0 Å². The molecule has 2 unspecified atom stereocenters. The Balaban J connectivity index is 1.52. The van der Waals surface area contributed by atoms with E-state index >= 15 is 0 Å². The third-order valence-corrected chi connectivity index (χ3v) is 5.98. The number of nitrogens with zero attached hydrogens (tertiary/aromatic N) is 2. The minimum atomic E-state index is -0.216. The number of pyridine rings is 1. The number of ether oxygens (including phenoxy) is 2. The lowest BCUT2D eigenvalue weighted by atomic mass is 9.90. The highest BCUT2D eigenvalue weighted by molar-refractivity contribution is 6.32. The predicted octanol–water partition coefficient (Wildman–Crippen LogP) is 3.36. The fourth-order valence-electron chi connectivity index (χ4n) is 4.24. The summed E-state index contributed by atoms with van der Waals surface area (Å²) >= 11 is 6.12. The standard InChI is InChI=1S/C22H25ClN2O4/c23-16-6-1-3-9-19(16)28-14-12-24-18(8-5-11-21(24)26)22(27)25-13-15-29-20-10-4-2-7-17(20)25/h1,3,5-6,8-9,11,17,20H,2,4,7,10,12-15H2. The van der Waals surface area contributed by atoms with Gasteiger partial charge in [-0.25, -0.2) is 0 Å². The van der Waals surface area contributed by atoms with Crippen LogP contribution in [0.4, 0.5) is 0 Å². The molecule has 2 aromatic rings. The Bertz CT molecular complexity index is 927. The SMILES string of the molecule is O=C(c1cccc(=O)n1CCOc1ccccc1Cl)N1CCOC2CCCCC21. The molecule has 0 spiro atoms. The third-order valence-electron chi connectivity index (χ3n) is 5.67. The van der Waals surface area contributed by atoms with E-state index in [0.717, 1.165) is 25.7 Å². The molecule has 2 aliphatic rings. The van der Waals surface area contributed by atoms with E-state index in [1.165, 1.54) is 10.6 Å². The van der Waals surface area contributed by atoms with Gasteiger partial charge in [0.15, 0.2) is 0 Å². The molecule has 2 fully saturated rings. The molecule has 1 aliphatic carbocycles. The zero-order chi connectivity index (χ0) is 20.2. The van der Waals surface area contributed by atoms with Gasteiger partial charge in [-0.15, -0.1) is 0 Å². The van der Waals surface area contributed by atoms with E-state index in [-0.39, 0.29) is 36.8 Å². The molecule has 1 aliphatic heterocycles. The first kappa shape index (κ1) is 20.0. The number of amides is 1. The van der Waals surface area contributed by atoms with Crippen molar-refractivity contribution in [3.8, 4) is 5.75 Å². The van der Waals surface area contributed by atoms with Crippen molar-refractivity contribution in [2.45, 2.75) is 44.4 Å². The molecule has 29 heavy (non-hydrogen) atoms. The van der Waals surface area contributed by atoms with Crippen molar-refractivity contribution in [1.29, 1.82) is 0 Å². The summed E-state index contributed by atoms with van der Waals surface area (Å²) in [7, 11) is 0. The second kappa shape index (κ2) is 9.01. The number of halogens is 1. The molecular weight excluding hydrogens is 392 g/mol. The molecule has 1 aromatic carbocycles. The number of hydrogen-bond donors (Lipinski definition) is 0. The fraction of sp³-hybridized carbons (Fsp3) is 0.455. The number of carbonyl (C=O) groups excluding carboxylic acids is 1. The van der Waals surface area contributed by atoms with Crippen LogP contribution in [-0.2, 0) is 11.3 Å². The number of para-hydroxylation sites is 1. The second-order valence-corrected chi connectivity index (χ2v) is 7.85. The summed E-state index contributed by atoms with van der Waals surface area (Å²) in [6, 6.07) is 12.1. The molecule has 4 rings (SSSR count). The number of hydrogen-bond acceptors (Lipinski definition) is 4. The van der Waals surface area contributed by atoms with Gasteiger partial charge in [0.25, 0.3) is 11.5 Å². The topological polar surface area (TPSA) is 60.8 Å². The van der Waals surface area contributed by atoms with E-state index < -0.39 is 0 Å². The van der Waals surface area contributed by atoms with Crippen LogP contribution in [0.2, 0.25) is 5.02 Å². The Kier molecular flexibility index (Phi) is 6.21. The highest BCUT2D eigenvalue weighted by Crippen LogP contribution is 2.29. The Morgan fingerprint density at radius 2 is 1.97 bits per heavy atom. The zero-order valence-electron chi connectivity index (χ0n) is 16.3. The normalized spacial score (nSPS) is 21.5. The Morgan fingerprint density at radius 1 is 1.14 bits per heavy atom. The van der Waals surface area contributed by atoms with Gasteiger partial charge >= 0.3 is 0 Å². The van der Waals surface area contributed by atoms with Crippen molar-refractivity contribution < 1.29 is 14.3 Å². The van der Waals surface area contributed by atoms with Crippen LogP contribution in [0, 0.1) is 0 Å². The van der Waals surface area contributed by atoms with Crippen molar-refractivity contribution in [3.05, 3.63) is 63.5 Å². The molecular formula is C22H25ClN2O4. The van der Waals surface area contributed by atoms with E-state index in [1.807, 2.05) is 17.0 Å². The Hall–Kier alpha value is -2.31. The summed E-state index contributed by atoms with van der Waals surface area (Å²) in [5.41, 5.74) is 0.179. The van der Waals surface area contributed by atoms with E-state index in [1.54, 1.807) is 24.3 Å². The van der Waals surface area contributed by atoms with E-state index in [9.17, 15) is 9.59 Å². The van der Waals surface area contributed by atoms with Crippen LogP contribution >= 0.6 is 11.6 Å². The van der Waals surface area contributed by atoms with Crippen LogP contribution in [-0.4, -0.2) is 47.3 Å². The minimum Gasteiger partial charge on any atom is -0.490 e. The molecule has 2 atom stereocenters. The van der Waals surface area contributed by atoms with Crippen LogP contribution in [0.5, 0.6) is 5.75 Å². The lowest BCUT2D eigenvalue weighted by Gasteiger charge is -2.43. The first-order valence-electron chi connectivity index (χ1n) is 10.1. The molecule has 7 heteroatoms. The lowest BCUT2D eigenvalue weighted by Crippen LogP contribution is -2.55. The summed E-state index contributed by atoms with van der Waals surface area (Å²) in [6.45, 7) is 1.60. The van der Waals surface area contributed by atoms with E-state index in [0.29, 0.717) is 29.6 Å².